The Bertz CT molecular complexity index is 923. The van der Waals surface area contributed by atoms with Crippen LogP contribution in [0.3, 0.4) is 0 Å². The van der Waals surface area contributed by atoms with E-state index in [0.29, 0.717) is 23.0 Å². The molecule has 1 unspecified atom stereocenters. The highest BCUT2D eigenvalue weighted by atomic mass is 35.5. The van der Waals surface area contributed by atoms with Gasteiger partial charge in [0, 0.05) is 37.4 Å². The zero-order valence-electron chi connectivity index (χ0n) is 17.5. The molecule has 10 heteroatoms. The third-order valence-electron chi connectivity index (χ3n) is 4.98. The van der Waals surface area contributed by atoms with Gasteiger partial charge in [0.05, 0.1) is 11.6 Å². The van der Waals surface area contributed by atoms with Crippen LogP contribution in [0, 0.1) is 13.8 Å². The predicted molar refractivity (Wildman–Crippen MR) is 112 cm³/mol. The molecule has 1 aliphatic rings. The number of carbonyl (C=O) groups excluding carboxylic acids is 1. The Morgan fingerprint density at radius 2 is 2.14 bits per heavy atom. The number of likely N-dealkylation sites (N-methyl/N-ethyl adjacent to an activating group) is 1. The molecular formula is C19H29ClN6O3. The molecule has 3 heterocycles. The molecule has 29 heavy (non-hydrogen) atoms. The predicted octanol–water partition coefficient (Wildman–Crippen LogP) is 1.04. The number of hydrogen-bond donors (Lipinski definition) is 2. The minimum Gasteiger partial charge on any atom is -0.352 e. The van der Waals surface area contributed by atoms with E-state index < -0.39 is 0 Å². The zero-order chi connectivity index (χ0) is 20.4. The van der Waals surface area contributed by atoms with Gasteiger partial charge in [-0.1, -0.05) is 5.16 Å². The normalized spacial score (nSPS) is 17.2. The molecule has 2 N–H and O–H groups in total. The highest BCUT2D eigenvalue weighted by Crippen LogP contribution is 2.27. The van der Waals surface area contributed by atoms with Crippen LogP contribution in [0.25, 0.3) is 11.5 Å². The van der Waals surface area contributed by atoms with E-state index in [4.69, 9.17) is 4.52 Å². The molecule has 1 saturated heterocycles. The van der Waals surface area contributed by atoms with Crippen molar-refractivity contribution in [2.24, 2.45) is 0 Å². The summed E-state index contributed by atoms with van der Waals surface area (Å²) in [6.45, 7) is 9.93. The highest BCUT2D eigenvalue weighted by Gasteiger charge is 2.27. The SMILES string of the molecule is Cc1cc(=O)n(CC(=O)NC(C)C)c(C)c1-c1nc(C2CNCCN2C)no1.Cl. The van der Waals surface area contributed by atoms with Gasteiger partial charge >= 0.3 is 0 Å². The number of rotatable bonds is 5. The first kappa shape index (κ1) is 23.1. The molecular weight excluding hydrogens is 396 g/mol. The van der Waals surface area contributed by atoms with Crippen LogP contribution in [0.5, 0.6) is 0 Å². The monoisotopic (exact) mass is 424 g/mol. The summed E-state index contributed by atoms with van der Waals surface area (Å²) in [7, 11) is 2.03. The summed E-state index contributed by atoms with van der Waals surface area (Å²) >= 11 is 0. The average molecular weight is 425 g/mol. The molecule has 0 bridgehead atoms. The first-order valence-corrected chi connectivity index (χ1v) is 9.53. The lowest BCUT2D eigenvalue weighted by Crippen LogP contribution is -2.44. The van der Waals surface area contributed by atoms with E-state index in [1.165, 1.54) is 10.6 Å². The van der Waals surface area contributed by atoms with Gasteiger partial charge in [0.15, 0.2) is 5.82 Å². The van der Waals surface area contributed by atoms with Gasteiger partial charge in [-0.05, 0) is 40.3 Å². The number of nitrogens with zero attached hydrogens (tertiary/aromatic N) is 4. The lowest BCUT2D eigenvalue weighted by molar-refractivity contribution is -0.122. The average Bonchev–Trinajstić information content (AvgIpc) is 3.07. The summed E-state index contributed by atoms with van der Waals surface area (Å²) in [6.07, 6.45) is 0. The topological polar surface area (TPSA) is 105 Å². The molecule has 160 valence electrons. The molecule has 3 rings (SSSR count). The van der Waals surface area contributed by atoms with Crippen LogP contribution in [-0.2, 0) is 11.3 Å². The van der Waals surface area contributed by atoms with Crippen molar-refractivity contribution in [3.8, 4) is 11.5 Å². The Morgan fingerprint density at radius 1 is 1.41 bits per heavy atom. The first-order chi connectivity index (χ1) is 13.3. The summed E-state index contributed by atoms with van der Waals surface area (Å²) in [5.41, 5.74) is 1.85. The van der Waals surface area contributed by atoms with Gasteiger partial charge in [-0.25, -0.2) is 0 Å². The maximum Gasteiger partial charge on any atom is 0.260 e. The lowest BCUT2D eigenvalue weighted by atomic mass is 10.1. The Morgan fingerprint density at radius 3 is 2.79 bits per heavy atom. The van der Waals surface area contributed by atoms with Crippen molar-refractivity contribution in [2.45, 2.75) is 46.3 Å². The van der Waals surface area contributed by atoms with Crippen LogP contribution >= 0.6 is 12.4 Å². The Kier molecular flexibility index (Phi) is 7.56. The van der Waals surface area contributed by atoms with E-state index in [-0.39, 0.29) is 42.5 Å². The summed E-state index contributed by atoms with van der Waals surface area (Å²) in [5, 5.41) is 10.3. The summed E-state index contributed by atoms with van der Waals surface area (Å²) < 4.78 is 6.99. The van der Waals surface area contributed by atoms with Gasteiger partial charge in [-0.2, -0.15) is 4.98 Å². The van der Waals surface area contributed by atoms with E-state index in [0.717, 1.165) is 25.2 Å². The van der Waals surface area contributed by atoms with Crippen LogP contribution in [0.2, 0.25) is 0 Å². The van der Waals surface area contributed by atoms with Crippen molar-refractivity contribution >= 4 is 18.3 Å². The van der Waals surface area contributed by atoms with Crippen LogP contribution in [-0.4, -0.2) is 58.2 Å². The molecule has 1 atom stereocenters. The fourth-order valence-electron chi connectivity index (χ4n) is 3.52. The number of piperazine rings is 1. The molecule has 9 nitrogen and oxygen atoms in total. The van der Waals surface area contributed by atoms with Crippen molar-refractivity contribution in [3.63, 3.8) is 0 Å². The summed E-state index contributed by atoms with van der Waals surface area (Å²) in [6, 6.07) is 1.55. The van der Waals surface area contributed by atoms with Crippen LogP contribution < -0.4 is 16.2 Å². The summed E-state index contributed by atoms with van der Waals surface area (Å²) in [5.74, 6) is 0.761. The van der Waals surface area contributed by atoms with Crippen molar-refractivity contribution in [2.75, 3.05) is 26.7 Å². The van der Waals surface area contributed by atoms with Crippen LogP contribution in [0.4, 0.5) is 0 Å². The molecule has 1 aliphatic heterocycles. The second-order valence-corrected chi connectivity index (χ2v) is 7.59. The maximum atomic E-state index is 12.5. The second kappa shape index (κ2) is 9.51. The van der Waals surface area contributed by atoms with Gasteiger partial charge < -0.3 is 19.7 Å². The van der Waals surface area contributed by atoms with Gasteiger partial charge in [0.25, 0.3) is 11.4 Å². The van der Waals surface area contributed by atoms with Crippen LogP contribution in [0.1, 0.15) is 37.0 Å². The molecule has 0 aromatic carbocycles. The first-order valence-electron chi connectivity index (χ1n) is 9.53. The minimum atomic E-state index is -0.228. The van der Waals surface area contributed by atoms with E-state index in [1.54, 1.807) is 6.92 Å². The number of pyridine rings is 1. The number of nitrogens with one attached hydrogen (secondary N) is 2. The van der Waals surface area contributed by atoms with E-state index in [1.807, 2.05) is 27.8 Å². The third kappa shape index (κ3) is 5.04. The number of halogens is 1. The Hall–Kier alpha value is -2.23. The van der Waals surface area contributed by atoms with Gasteiger partial charge in [0.2, 0.25) is 5.91 Å². The van der Waals surface area contributed by atoms with Gasteiger partial charge in [-0.3, -0.25) is 14.5 Å². The number of hydrogen-bond acceptors (Lipinski definition) is 7. The molecule has 2 aromatic rings. The Balaban J connectivity index is 0.00000300. The van der Waals surface area contributed by atoms with E-state index >= 15 is 0 Å². The summed E-state index contributed by atoms with van der Waals surface area (Å²) in [4.78, 5) is 31.4. The molecule has 0 saturated carbocycles. The van der Waals surface area contributed by atoms with Crippen molar-refractivity contribution in [3.05, 3.63) is 33.5 Å². The minimum absolute atomic E-state index is 0. The highest BCUT2D eigenvalue weighted by molar-refractivity contribution is 5.85. The van der Waals surface area contributed by atoms with Crippen molar-refractivity contribution in [1.82, 2.24) is 30.2 Å². The zero-order valence-corrected chi connectivity index (χ0v) is 18.3. The molecule has 0 radical (unpaired) electrons. The number of carbonyl (C=O) groups is 1. The van der Waals surface area contributed by atoms with Gasteiger partial charge in [0.1, 0.15) is 6.54 Å². The van der Waals surface area contributed by atoms with Crippen molar-refractivity contribution in [1.29, 1.82) is 0 Å². The fraction of sp³-hybridized carbons (Fsp3) is 0.579. The van der Waals surface area contributed by atoms with Crippen molar-refractivity contribution < 1.29 is 9.32 Å². The molecule has 2 aromatic heterocycles. The lowest BCUT2D eigenvalue weighted by Gasteiger charge is -2.30. The van der Waals surface area contributed by atoms with E-state index in [9.17, 15) is 9.59 Å². The number of amides is 1. The second-order valence-electron chi connectivity index (χ2n) is 7.59. The molecule has 0 aliphatic carbocycles. The molecule has 1 amide bonds. The van der Waals surface area contributed by atoms with Gasteiger partial charge in [-0.15, -0.1) is 12.4 Å². The van der Waals surface area contributed by atoms with Crippen LogP contribution in [0.15, 0.2) is 15.4 Å². The third-order valence-corrected chi connectivity index (χ3v) is 4.98. The fourth-order valence-corrected chi connectivity index (χ4v) is 3.52. The number of aromatic nitrogens is 3. The molecule has 0 spiro atoms. The standard InChI is InChI=1S/C19H28N6O3.ClH/c1-11(2)21-15(26)10-25-13(4)17(12(3)8-16(25)27)19-22-18(23-28-19)14-9-20-6-7-24(14)5;/h8,11,14,20H,6-7,9-10H2,1-5H3,(H,21,26);1H. The van der Waals surface area contributed by atoms with E-state index in [2.05, 4.69) is 25.7 Å². The molecule has 1 fully saturated rings. The maximum absolute atomic E-state index is 12.5. The smallest absolute Gasteiger partial charge is 0.260 e. The Labute approximate surface area is 176 Å². The largest absolute Gasteiger partial charge is 0.352 e. The number of aryl methyl sites for hydroxylation is 1. The quantitative estimate of drug-likeness (QED) is 0.738.